The van der Waals surface area contributed by atoms with Crippen molar-refractivity contribution in [3.05, 3.63) is 101 Å². The molecule has 1 N–H and O–H groups in total. The molecule has 0 spiro atoms. The molecular weight excluding hydrogens is 382 g/mol. The summed E-state index contributed by atoms with van der Waals surface area (Å²) in [6.07, 6.45) is 0. The van der Waals surface area contributed by atoms with E-state index in [1.807, 2.05) is 36.1 Å². The highest BCUT2D eigenvalue weighted by atomic mass is 16.2. The quantitative estimate of drug-likeness (QED) is 0.609. The van der Waals surface area contributed by atoms with Crippen molar-refractivity contribution in [2.45, 2.75) is 26.8 Å². The first-order chi connectivity index (χ1) is 15.0. The van der Waals surface area contributed by atoms with Gasteiger partial charge in [0.15, 0.2) is 0 Å². The topological polar surface area (TPSA) is 35.6 Å². The van der Waals surface area contributed by atoms with E-state index in [-0.39, 0.29) is 12.1 Å². The minimum atomic E-state index is -0.0203. The Morgan fingerprint density at radius 2 is 1.52 bits per heavy atom. The van der Waals surface area contributed by atoms with Gasteiger partial charge in [0.05, 0.1) is 6.04 Å². The molecule has 0 bridgehead atoms. The van der Waals surface area contributed by atoms with Crippen molar-refractivity contribution < 1.29 is 4.79 Å². The molecule has 1 fully saturated rings. The monoisotopic (exact) mass is 413 g/mol. The van der Waals surface area contributed by atoms with Gasteiger partial charge in [0.2, 0.25) is 0 Å². The lowest BCUT2D eigenvalue weighted by Gasteiger charge is -2.40. The molecule has 1 saturated heterocycles. The van der Waals surface area contributed by atoms with Crippen molar-refractivity contribution in [2.75, 3.05) is 31.5 Å². The van der Waals surface area contributed by atoms with Gasteiger partial charge in [0.25, 0.3) is 0 Å². The summed E-state index contributed by atoms with van der Waals surface area (Å²) in [6, 6.07) is 25.6. The Hall–Kier alpha value is -3.11. The van der Waals surface area contributed by atoms with Gasteiger partial charge in [-0.25, -0.2) is 4.79 Å². The van der Waals surface area contributed by atoms with Crippen LogP contribution in [-0.2, 0) is 0 Å². The zero-order valence-electron chi connectivity index (χ0n) is 18.6. The molecule has 1 aliphatic heterocycles. The third kappa shape index (κ3) is 4.97. The molecule has 0 aliphatic carbocycles. The van der Waals surface area contributed by atoms with E-state index in [1.54, 1.807) is 0 Å². The molecule has 1 heterocycles. The van der Waals surface area contributed by atoms with Crippen molar-refractivity contribution in [2.24, 2.45) is 0 Å². The Balaban J connectivity index is 1.49. The van der Waals surface area contributed by atoms with Crippen LogP contribution in [0.5, 0.6) is 0 Å². The number of carbonyl (C=O) groups excluding carboxylic acids is 1. The number of rotatable bonds is 4. The molecule has 0 unspecified atom stereocenters. The van der Waals surface area contributed by atoms with Gasteiger partial charge in [0, 0.05) is 31.9 Å². The Labute approximate surface area is 185 Å². The van der Waals surface area contributed by atoms with Crippen LogP contribution in [0.1, 0.15) is 33.9 Å². The fourth-order valence-corrected chi connectivity index (χ4v) is 4.34. The highest BCUT2D eigenvalue weighted by molar-refractivity contribution is 5.89. The van der Waals surface area contributed by atoms with Gasteiger partial charge in [-0.2, -0.15) is 0 Å². The molecule has 1 aliphatic rings. The standard InChI is InChI=1S/C27H31N3O/c1-20-11-13-23(14-12-20)26(25-10-5-4-8-22(25)3)29-15-17-30(18-16-29)27(31)28-24-9-6-7-21(2)19-24/h4-14,19,26H,15-18H2,1-3H3,(H,28,31)/t26-/m0/s1. The molecule has 0 radical (unpaired) electrons. The second-order valence-electron chi connectivity index (χ2n) is 8.49. The molecule has 0 saturated carbocycles. The number of benzene rings is 3. The lowest BCUT2D eigenvalue weighted by Crippen LogP contribution is -2.51. The van der Waals surface area contributed by atoms with Gasteiger partial charge in [0.1, 0.15) is 0 Å². The molecule has 3 aromatic rings. The minimum Gasteiger partial charge on any atom is -0.322 e. The highest BCUT2D eigenvalue weighted by Crippen LogP contribution is 2.32. The Morgan fingerprint density at radius 3 is 2.19 bits per heavy atom. The van der Waals surface area contributed by atoms with Crippen LogP contribution in [0.4, 0.5) is 10.5 Å². The lowest BCUT2D eigenvalue weighted by atomic mass is 9.92. The Bertz CT molecular complexity index is 1040. The number of hydrogen-bond donors (Lipinski definition) is 1. The average Bonchev–Trinajstić information content (AvgIpc) is 2.77. The number of piperazine rings is 1. The molecular formula is C27H31N3O. The summed E-state index contributed by atoms with van der Waals surface area (Å²) < 4.78 is 0. The molecule has 1 atom stereocenters. The first-order valence-corrected chi connectivity index (χ1v) is 11.0. The lowest BCUT2D eigenvalue weighted by molar-refractivity contribution is 0.126. The zero-order chi connectivity index (χ0) is 21.8. The van der Waals surface area contributed by atoms with Crippen LogP contribution < -0.4 is 5.32 Å². The van der Waals surface area contributed by atoms with Crippen molar-refractivity contribution in [3.63, 3.8) is 0 Å². The molecule has 2 amide bonds. The average molecular weight is 414 g/mol. The molecule has 160 valence electrons. The predicted molar refractivity (Wildman–Crippen MR) is 128 cm³/mol. The van der Waals surface area contributed by atoms with Crippen LogP contribution in [-0.4, -0.2) is 42.0 Å². The van der Waals surface area contributed by atoms with Gasteiger partial charge < -0.3 is 10.2 Å². The minimum absolute atomic E-state index is 0.0203. The van der Waals surface area contributed by atoms with Crippen molar-refractivity contribution in [1.29, 1.82) is 0 Å². The van der Waals surface area contributed by atoms with E-state index in [2.05, 4.69) is 72.6 Å². The third-order valence-electron chi connectivity index (χ3n) is 6.11. The fraction of sp³-hybridized carbons (Fsp3) is 0.296. The maximum Gasteiger partial charge on any atom is 0.321 e. The van der Waals surface area contributed by atoms with Crippen molar-refractivity contribution in [3.8, 4) is 0 Å². The SMILES string of the molecule is Cc1ccc([C@@H](c2ccccc2C)N2CCN(C(=O)Nc3cccc(C)c3)CC2)cc1. The van der Waals surface area contributed by atoms with E-state index in [0.717, 1.165) is 24.3 Å². The number of urea groups is 1. The number of hydrogen-bond acceptors (Lipinski definition) is 2. The number of nitrogens with zero attached hydrogens (tertiary/aromatic N) is 2. The number of amides is 2. The number of aryl methyl sites for hydroxylation is 3. The van der Waals surface area contributed by atoms with Gasteiger partial charge in [-0.1, -0.05) is 66.2 Å². The first-order valence-electron chi connectivity index (χ1n) is 11.0. The summed E-state index contributed by atoms with van der Waals surface area (Å²) in [5.74, 6) is 0. The summed E-state index contributed by atoms with van der Waals surface area (Å²) in [4.78, 5) is 17.2. The molecule has 4 heteroatoms. The number of anilines is 1. The Morgan fingerprint density at radius 1 is 0.806 bits per heavy atom. The van der Waals surface area contributed by atoms with Crippen LogP contribution >= 0.6 is 0 Å². The second kappa shape index (κ2) is 9.36. The summed E-state index contributed by atoms with van der Waals surface area (Å²) in [6.45, 7) is 9.45. The van der Waals surface area contributed by atoms with Gasteiger partial charge in [-0.15, -0.1) is 0 Å². The molecule has 3 aromatic carbocycles. The smallest absolute Gasteiger partial charge is 0.321 e. The van der Waals surface area contributed by atoms with E-state index >= 15 is 0 Å². The van der Waals surface area contributed by atoms with Crippen LogP contribution in [0.15, 0.2) is 72.8 Å². The largest absolute Gasteiger partial charge is 0.322 e. The maximum absolute atomic E-state index is 12.8. The first kappa shape index (κ1) is 21.1. The van der Waals surface area contributed by atoms with Gasteiger partial charge in [-0.3, -0.25) is 4.90 Å². The normalized spacial score (nSPS) is 15.5. The zero-order valence-corrected chi connectivity index (χ0v) is 18.6. The number of nitrogens with one attached hydrogen (secondary N) is 1. The van der Waals surface area contributed by atoms with Crippen LogP contribution in [0.25, 0.3) is 0 Å². The highest BCUT2D eigenvalue weighted by Gasteiger charge is 2.29. The third-order valence-corrected chi connectivity index (χ3v) is 6.11. The Kier molecular flexibility index (Phi) is 6.38. The molecule has 4 nitrogen and oxygen atoms in total. The van der Waals surface area contributed by atoms with Crippen LogP contribution in [0.3, 0.4) is 0 Å². The van der Waals surface area contributed by atoms with E-state index < -0.39 is 0 Å². The molecule has 31 heavy (non-hydrogen) atoms. The van der Waals surface area contributed by atoms with Crippen molar-refractivity contribution in [1.82, 2.24) is 9.80 Å². The predicted octanol–water partition coefficient (Wildman–Crippen LogP) is 5.55. The summed E-state index contributed by atoms with van der Waals surface area (Å²) in [5, 5.41) is 3.04. The summed E-state index contributed by atoms with van der Waals surface area (Å²) in [5.41, 5.74) is 7.20. The molecule has 0 aromatic heterocycles. The van der Waals surface area contributed by atoms with E-state index in [1.165, 1.54) is 22.3 Å². The number of carbonyl (C=O) groups is 1. The van der Waals surface area contributed by atoms with Crippen LogP contribution in [0.2, 0.25) is 0 Å². The van der Waals surface area contributed by atoms with Crippen LogP contribution in [0, 0.1) is 20.8 Å². The second-order valence-corrected chi connectivity index (χ2v) is 8.49. The van der Waals surface area contributed by atoms with E-state index in [9.17, 15) is 4.79 Å². The summed E-state index contributed by atoms with van der Waals surface area (Å²) >= 11 is 0. The fourth-order valence-electron chi connectivity index (χ4n) is 4.34. The van der Waals surface area contributed by atoms with Gasteiger partial charge in [-0.05, 0) is 55.2 Å². The van der Waals surface area contributed by atoms with E-state index in [4.69, 9.17) is 0 Å². The molecule has 4 rings (SSSR count). The van der Waals surface area contributed by atoms with Gasteiger partial charge >= 0.3 is 6.03 Å². The van der Waals surface area contributed by atoms with E-state index in [0.29, 0.717) is 13.1 Å². The van der Waals surface area contributed by atoms with Crippen molar-refractivity contribution >= 4 is 11.7 Å². The summed E-state index contributed by atoms with van der Waals surface area (Å²) in [7, 11) is 0. The maximum atomic E-state index is 12.8.